The Kier molecular flexibility index (Phi) is 17.5. The third-order valence-electron chi connectivity index (χ3n) is 13.4. The van der Waals surface area contributed by atoms with Crippen LogP contribution < -0.4 is 9.74 Å². The van der Waals surface area contributed by atoms with E-state index in [2.05, 4.69) is 0 Å². The molecule has 7 N–H and O–H groups in total. The number of rotatable bonds is 24. The van der Waals surface area contributed by atoms with Gasteiger partial charge in [-0.3, -0.25) is 22.8 Å². The molecule has 0 bridgehead atoms. The maximum absolute atomic E-state index is 12.7. The minimum Gasteiger partial charge on any atom is -0.492 e. The molecule has 1 atom stereocenters. The van der Waals surface area contributed by atoms with Gasteiger partial charge in [0.05, 0.1) is 53.8 Å². The van der Waals surface area contributed by atoms with Gasteiger partial charge in [-0.1, -0.05) is 24.3 Å². The third-order valence-corrected chi connectivity index (χ3v) is 17.7. The van der Waals surface area contributed by atoms with Crippen LogP contribution in [-0.2, 0) is 80.4 Å². The molecule has 0 aliphatic carbocycles. The second-order valence-corrected chi connectivity index (χ2v) is 26.2. The van der Waals surface area contributed by atoms with Crippen molar-refractivity contribution in [1.82, 2.24) is 4.73 Å². The minimum atomic E-state index is -5.12. The molecule has 7 rings (SSSR count). The molecule has 0 radical (unpaired) electrons. The van der Waals surface area contributed by atoms with E-state index in [1.807, 2.05) is 4.58 Å². The highest BCUT2D eigenvalue weighted by Crippen LogP contribution is 2.54. The first-order valence-corrected chi connectivity index (χ1v) is 31.1. The van der Waals surface area contributed by atoms with Gasteiger partial charge in [0.2, 0.25) is 17.4 Å². The molecule has 5 aromatic rings. The van der Waals surface area contributed by atoms with Crippen molar-refractivity contribution < 1.29 is 103 Å². The van der Waals surface area contributed by atoms with Gasteiger partial charge in [0, 0.05) is 71.1 Å². The molecule has 0 fully saturated rings. The number of hydrogen-bond donors (Lipinski definition) is 7. The third kappa shape index (κ3) is 13.1. The second kappa shape index (κ2) is 22.8. The van der Waals surface area contributed by atoms with Crippen molar-refractivity contribution in [3.63, 3.8) is 0 Å². The Morgan fingerprint density at radius 2 is 1.20 bits per heavy atom. The van der Waals surface area contributed by atoms with Gasteiger partial charge in [0.1, 0.15) is 16.4 Å². The van der Waals surface area contributed by atoms with Crippen LogP contribution in [0.2, 0.25) is 0 Å². The molecular weight excluding hydrogens is 1140 g/mol. The largest absolute Gasteiger partial charge is 0.492 e. The van der Waals surface area contributed by atoms with E-state index >= 15 is 0 Å². The summed E-state index contributed by atoms with van der Waals surface area (Å²) in [6.45, 7) is 5.60. The van der Waals surface area contributed by atoms with Gasteiger partial charge in [0.15, 0.2) is 12.3 Å². The zero-order chi connectivity index (χ0) is 58.3. The lowest BCUT2D eigenvalue weighted by atomic mass is 9.75. The summed E-state index contributed by atoms with van der Waals surface area (Å²) in [6, 6.07) is 11.5. The molecule has 0 saturated heterocycles. The normalized spacial score (nSPS) is 17.5. The van der Waals surface area contributed by atoms with Crippen LogP contribution >= 0.6 is 0 Å². The number of fused-ring (bicyclic) bond motifs is 6. The zero-order valence-electron chi connectivity index (χ0n) is 42.6. The van der Waals surface area contributed by atoms with Crippen molar-refractivity contribution in [1.29, 1.82) is 0 Å². The van der Waals surface area contributed by atoms with E-state index in [1.165, 1.54) is 25.3 Å². The summed E-state index contributed by atoms with van der Waals surface area (Å²) in [5, 5.41) is 19.3. The Labute approximate surface area is 455 Å². The average molecular weight is 1200 g/mol. The number of nitrogens with zero attached hydrogens (tertiary/aromatic N) is 3. The summed E-state index contributed by atoms with van der Waals surface area (Å²) in [5.41, 5.74) is 0.188. The molecule has 1 aromatic heterocycles. The number of methoxy groups -OCH3 is 1. The Morgan fingerprint density at radius 3 is 1.75 bits per heavy atom. The van der Waals surface area contributed by atoms with E-state index in [1.54, 1.807) is 62.1 Å². The van der Waals surface area contributed by atoms with E-state index in [4.69, 9.17) is 19.0 Å². The molecular formula is C49H56N3O22S5+. The molecule has 0 amide bonds. The van der Waals surface area contributed by atoms with E-state index in [0.29, 0.717) is 50.8 Å². The second-order valence-electron chi connectivity index (χ2n) is 19.0. The first-order valence-electron chi connectivity index (χ1n) is 23.7. The summed E-state index contributed by atoms with van der Waals surface area (Å²) in [4.78, 5) is 15.6. The molecule has 4 aromatic carbocycles. The van der Waals surface area contributed by atoms with Crippen LogP contribution in [0.5, 0.6) is 11.8 Å². The SMILES string of the molecule is COCCN1C(=CC=CC=CC2=[N+](CCOCCOCCC(=O)On3c(O)ccc3O)c3ccc4c(S(=O)(=O)O)cc(S(=O)(=O)O)cc4c3C2(C)C)C(C)(CCCS(=O)(=O)O)c2c1ccc1c(S(=O)(=O)O)cc(S(=O)(=O)O)cc21. The fourth-order valence-corrected chi connectivity index (χ4v) is 13.2. The Hall–Kier alpha value is -6.13. The van der Waals surface area contributed by atoms with Gasteiger partial charge in [-0.05, 0) is 92.4 Å². The van der Waals surface area contributed by atoms with Crippen LogP contribution in [-0.4, -0.2) is 155 Å². The topological polar surface area (TPSA) is 377 Å². The summed E-state index contributed by atoms with van der Waals surface area (Å²) in [5.74, 6) is -2.49. The zero-order valence-corrected chi connectivity index (χ0v) is 46.7. The first-order chi connectivity index (χ1) is 36.7. The van der Waals surface area contributed by atoms with Crippen LogP contribution in [0.25, 0.3) is 21.5 Å². The molecule has 0 spiro atoms. The van der Waals surface area contributed by atoms with Gasteiger partial charge in [-0.25, -0.2) is 4.79 Å². The summed E-state index contributed by atoms with van der Waals surface area (Å²) >= 11 is 0. The van der Waals surface area contributed by atoms with Crippen LogP contribution in [0, 0.1) is 0 Å². The average Bonchev–Trinajstić information content (AvgIpc) is 4.10. The summed E-state index contributed by atoms with van der Waals surface area (Å²) in [6.07, 6.45) is 7.82. The molecule has 0 saturated carbocycles. The van der Waals surface area contributed by atoms with E-state index in [-0.39, 0.29) is 86.9 Å². The molecule has 1 unspecified atom stereocenters. The number of ether oxygens (including phenoxy) is 3. The van der Waals surface area contributed by atoms with Gasteiger partial charge in [-0.2, -0.15) is 46.7 Å². The van der Waals surface area contributed by atoms with Gasteiger partial charge >= 0.3 is 5.97 Å². The standard InChI is InChI=1S/C49H55N3O22S5/c1-48(2)41(9-6-5-7-10-42-49(3,18-8-26-75(56,57)58)47-36-28-32(77(62,63)64)30-40(79(68,69)70)34(36)12-14-38(47)51(42)19-22-71-4)50(20-23-73-25-24-72-21-17-45(55)74-52-43(53)15-16-44(52)54)37-13-11-33-35(46(37)48)27-31(76(59,60)61)29-39(33)78(65,66)67/h5-7,9-16,27-30H,8,17-26H2,1-4H3,(H6-,53,54,56,57,58,59,60,61,62,63,64,65,66,67,68,69,70)/p+1. The highest BCUT2D eigenvalue weighted by atomic mass is 32.2. The first kappa shape index (κ1) is 60.5. The lowest BCUT2D eigenvalue weighted by Gasteiger charge is -2.30. The van der Waals surface area contributed by atoms with E-state index in [9.17, 15) is 79.9 Å². The lowest BCUT2D eigenvalue weighted by Crippen LogP contribution is -2.31. The monoisotopic (exact) mass is 1200 g/mol. The fraction of sp³-hybridized carbons (Fsp3) is 0.347. The van der Waals surface area contributed by atoms with Crippen molar-refractivity contribution in [3.8, 4) is 11.8 Å². The number of carbonyl (C=O) groups excluding carboxylic acids is 1. The lowest BCUT2D eigenvalue weighted by molar-refractivity contribution is -0.442. The fourth-order valence-electron chi connectivity index (χ4n) is 10.0. The Bertz CT molecular complexity index is 3960. The molecule has 30 heteroatoms. The predicted molar refractivity (Wildman–Crippen MR) is 284 cm³/mol. The highest BCUT2D eigenvalue weighted by Gasteiger charge is 2.47. The summed E-state index contributed by atoms with van der Waals surface area (Å²) < 4.78 is 195. The van der Waals surface area contributed by atoms with Crippen LogP contribution in [0.4, 0.5) is 11.4 Å². The molecule has 2 aliphatic heterocycles. The molecule has 79 heavy (non-hydrogen) atoms. The van der Waals surface area contributed by atoms with Crippen LogP contribution in [0.1, 0.15) is 51.2 Å². The predicted octanol–water partition coefficient (Wildman–Crippen LogP) is 4.74. The summed E-state index contributed by atoms with van der Waals surface area (Å²) in [7, 11) is -23.3. The Balaban J connectivity index is 1.26. The van der Waals surface area contributed by atoms with Crippen molar-refractivity contribution in [2.24, 2.45) is 0 Å². The van der Waals surface area contributed by atoms with E-state index in [0.717, 1.165) is 24.3 Å². The van der Waals surface area contributed by atoms with Crippen molar-refractivity contribution in [3.05, 3.63) is 108 Å². The van der Waals surface area contributed by atoms with Crippen molar-refractivity contribution in [2.45, 2.75) is 70.4 Å². The molecule has 3 heterocycles. The smallest absolute Gasteiger partial charge is 0.335 e. The number of aromatic hydroxyl groups is 2. The maximum Gasteiger partial charge on any atom is 0.335 e. The number of anilines is 1. The number of allylic oxidation sites excluding steroid dienone is 6. The minimum absolute atomic E-state index is 0.0173. The number of hydrogen-bond acceptors (Lipinski definition) is 18. The number of carbonyl (C=O) groups is 1. The van der Waals surface area contributed by atoms with Crippen LogP contribution in [0.3, 0.4) is 0 Å². The Morgan fingerprint density at radius 1 is 0.646 bits per heavy atom. The van der Waals surface area contributed by atoms with E-state index < -0.39 is 104 Å². The number of benzene rings is 4. The van der Waals surface area contributed by atoms with Crippen molar-refractivity contribution >= 4 is 95.2 Å². The molecule has 25 nitrogen and oxygen atoms in total. The highest BCUT2D eigenvalue weighted by molar-refractivity contribution is 7.87. The molecule has 428 valence electrons. The van der Waals surface area contributed by atoms with Crippen LogP contribution in [0.15, 0.2) is 116 Å². The quantitative estimate of drug-likeness (QED) is 0.0190. The molecule has 2 aliphatic rings. The van der Waals surface area contributed by atoms with Gasteiger partial charge in [0.25, 0.3) is 50.6 Å². The van der Waals surface area contributed by atoms with Gasteiger partial charge in [-0.15, -0.1) is 4.73 Å². The van der Waals surface area contributed by atoms with Crippen molar-refractivity contribution in [2.75, 3.05) is 63.9 Å². The number of aromatic nitrogens is 1. The maximum atomic E-state index is 12.7. The van der Waals surface area contributed by atoms with Gasteiger partial charge < -0.3 is 34.2 Å².